The summed E-state index contributed by atoms with van der Waals surface area (Å²) >= 11 is 0. The molecule has 18 heteroatoms. The molecule has 1 aromatic heterocycles. The molecular weight excluding hydrogens is 1210 g/mol. The van der Waals surface area contributed by atoms with Crippen molar-refractivity contribution in [3.05, 3.63) is 287 Å². The number of benzene rings is 10. The van der Waals surface area contributed by atoms with Gasteiger partial charge in [0.1, 0.15) is 68.4 Å². The molecule has 11 rings (SSSR count). The summed E-state index contributed by atoms with van der Waals surface area (Å²) in [6, 6.07) is 69.2. The number of nitrogens with zero attached hydrogens (tertiary/aromatic N) is 3. The van der Waals surface area contributed by atoms with Gasteiger partial charge in [-0.1, -0.05) is 90.1 Å². The number of hydrogen-bond acceptors (Lipinski definition) is 18. The van der Waals surface area contributed by atoms with Gasteiger partial charge in [0.05, 0.1) is 42.7 Å². The first-order chi connectivity index (χ1) is 46.9. The molecule has 0 bridgehead atoms. The van der Waals surface area contributed by atoms with Crippen molar-refractivity contribution < 1.29 is 57.0 Å². The summed E-state index contributed by atoms with van der Waals surface area (Å²) in [6.07, 6.45) is 0. The van der Waals surface area contributed by atoms with Gasteiger partial charge >= 0.3 is 17.9 Å². The number of carbonyl (C=O) groups is 3. The molecular formula is C78H60N6O12. The van der Waals surface area contributed by atoms with Crippen LogP contribution in [-0.4, -0.2) is 75.5 Å². The number of carbonyl (C=O) groups excluding carboxylic acids is 3. The SMILES string of the molecule is COc1ccc(C#Cc2ccccc2)cc1C(=O)Oc1cc(OC(=O)c2cc(C#Cc3ccccc3)ccc2OC)cc(OC(=O)c2cc(C#Cc3ccccc3)ccc2OC)c1.COc1ccc(Nc2nc(Nc3ccc(OC)cc3)nc(Nc3ccc(OC)cc3)n2)cc1. The largest absolute Gasteiger partial charge is 0.497 e. The van der Waals surface area contributed by atoms with E-state index in [1.54, 1.807) is 75.9 Å². The number of hydrogen-bond donors (Lipinski definition) is 3. The van der Waals surface area contributed by atoms with Crippen LogP contribution in [0.4, 0.5) is 34.9 Å². The first-order valence-electron chi connectivity index (χ1n) is 29.5. The summed E-state index contributed by atoms with van der Waals surface area (Å²) in [5.41, 5.74) is 6.58. The summed E-state index contributed by atoms with van der Waals surface area (Å²) in [7, 11) is 9.15. The summed E-state index contributed by atoms with van der Waals surface area (Å²) in [5, 5.41) is 9.62. The lowest BCUT2D eigenvalue weighted by atomic mass is 10.1. The van der Waals surface area contributed by atoms with Gasteiger partial charge in [-0.2, -0.15) is 15.0 Å². The molecule has 474 valence electrons. The van der Waals surface area contributed by atoms with Crippen molar-refractivity contribution in [3.8, 4) is 87.3 Å². The number of esters is 3. The van der Waals surface area contributed by atoms with Crippen LogP contribution in [0.25, 0.3) is 0 Å². The molecule has 0 atom stereocenters. The summed E-state index contributed by atoms with van der Waals surface area (Å²) < 4.78 is 49.7. The van der Waals surface area contributed by atoms with Gasteiger partial charge in [0.2, 0.25) is 17.8 Å². The molecule has 0 fully saturated rings. The normalized spacial score (nSPS) is 10.1. The first kappa shape index (κ1) is 65.5. The topological polar surface area (TPSA) is 209 Å². The zero-order valence-electron chi connectivity index (χ0n) is 52.8. The smallest absolute Gasteiger partial charge is 0.347 e. The van der Waals surface area contributed by atoms with Gasteiger partial charge in [-0.25, -0.2) is 14.4 Å². The second-order valence-electron chi connectivity index (χ2n) is 20.3. The van der Waals surface area contributed by atoms with Crippen molar-refractivity contribution in [3.63, 3.8) is 0 Å². The molecule has 10 aromatic carbocycles. The lowest BCUT2D eigenvalue weighted by Crippen LogP contribution is -2.14. The zero-order valence-corrected chi connectivity index (χ0v) is 52.8. The molecule has 96 heavy (non-hydrogen) atoms. The minimum atomic E-state index is -0.825. The van der Waals surface area contributed by atoms with Gasteiger partial charge in [0.25, 0.3) is 0 Å². The quantitative estimate of drug-likeness (QED) is 0.0414. The van der Waals surface area contributed by atoms with E-state index in [9.17, 15) is 14.4 Å². The Morgan fingerprint density at radius 2 is 0.521 bits per heavy atom. The van der Waals surface area contributed by atoms with Crippen LogP contribution in [0.3, 0.4) is 0 Å². The molecule has 18 nitrogen and oxygen atoms in total. The molecule has 11 aromatic rings. The fraction of sp³-hybridized carbons (Fsp3) is 0.0769. The maximum absolute atomic E-state index is 13.9. The van der Waals surface area contributed by atoms with Crippen molar-refractivity contribution >= 4 is 52.8 Å². The second-order valence-corrected chi connectivity index (χ2v) is 20.3. The summed E-state index contributed by atoms with van der Waals surface area (Å²) in [6.45, 7) is 0. The number of ether oxygens (including phenoxy) is 9. The van der Waals surface area contributed by atoms with Crippen LogP contribution in [0, 0.1) is 35.5 Å². The lowest BCUT2D eigenvalue weighted by Gasteiger charge is -2.14. The van der Waals surface area contributed by atoms with E-state index in [2.05, 4.69) is 66.4 Å². The molecule has 0 saturated carbocycles. The van der Waals surface area contributed by atoms with E-state index in [0.717, 1.165) is 51.0 Å². The maximum Gasteiger partial charge on any atom is 0.347 e. The molecule has 0 aliphatic heterocycles. The van der Waals surface area contributed by atoms with Gasteiger partial charge in [-0.05, 0) is 164 Å². The second kappa shape index (κ2) is 32.5. The highest BCUT2D eigenvalue weighted by molar-refractivity contribution is 5.97. The molecule has 0 amide bonds. The molecule has 0 radical (unpaired) electrons. The van der Waals surface area contributed by atoms with Gasteiger partial charge in [0.15, 0.2) is 0 Å². The Morgan fingerprint density at radius 1 is 0.271 bits per heavy atom. The van der Waals surface area contributed by atoms with Crippen LogP contribution in [-0.2, 0) is 0 Å². The third-order valence-corrected chi connectivity index (χ3v) is 13.8. The minimum Gasteiger partial charge on any atom is -0.497 e. The molecule has 1 heterocycles. The Kier molecular flexibility index (Phi) is 22.2. The number of anilines is 6. The number of aromatic nitrogens is 3. The molecule has 0 aliphatic rings. The highest BCUT2D eigenvalue weighted by Gasteiger charge is 2.23. The minimum absolute atomic E-state index is 0.0645. The van der Waals surface area contributed by atoms with Crippen LogP contribution in [0.5, 0.6) is 51.7 Å². The standard InChI is InChI=1S/C54H36O9.C24H24N6O3/c1-58-49-28-25-40(22-19-37-13-7-4-8-14-37)31-46(49)52(55)61-43-34-44(62-53(56)47-32-41(26-29-50(47)59-2)23-20-38-15-9-5-10-16-38)36-45(35-43)63-54(57)48-33-42(27-30-51(48)60-3)24-21-39-17-11-6-12-18-39;1-31-19-10-4-16(5-11-19)25-22-28-23(26-17-6-12-20(32-2)13-7-17)30-24(29-22)27-18-8-14-21(33-3)15-9-18/h4-18,25-36H,1-3H3;4-15H,1-3H3,(H3,25,26,27,28,29,30). The molecule has 0 saturated heterocycles. The number of rotatable bonds is 18. The molecule has 3 N–H and O–H groups in total. The number of nitrogens with one attached hydrogen (secondary N) is 3. The molecule has 0 spiro atoms. The van der Waals surface area contributed by atoms with E-state index in [1.165, 1.54) is 39.5 Å². The van der Waals surface area contributed by atoms with Crippen LogP contribution in [0.2, 0.25) is 0 Å². The van der Waals surface area contributed by atoms with E-state index in [0.29, 0.717) is 34.5 Å². The Bertz CT molecular complexity index is 4230. The Labute approximate surface area is 554 Å². The Hall–Kier alpha value is -13.5. The van der Waals surface area contributed by atoms with Crippen LogP contribution < -0.4 is 58.6 Å². The van der Waals surface area contributed by atoms with E-state index in [1.807, 2.05) is 164 Å². The zero-order chi connectivity index (χ0) is 67.0. The average Bonchev–Trinajstić information content (AvgIpc) is 1.02. The Balaban J connectivity index is 0.000000254. The summed E-state index contributed by atoms with van der Waals surface area (Å²) in [5.74, 6) is 19.6. The van der Waals surface area contributed by atoms with Crippen LogP contribution in [0.1, 0.15) is 64.5 Å². The Morgan fingerprint density at radius 3 is 0.760 bits per heavy atom. The predicted octanol–water partition coefficient (Wildman–Crippen LogP) is 14.7. The molecule has 0 unspecified atom stereocenters. The number of methoxy groups -OCH3 is 6. The highest BCUT2D eigenvalue weighted by Crippen LogP contribution is 2.34. The highest BCUT2D eigenvalue weighted by atomic mass is 16.6. The van der Waals surface area contributed by atoms with Crippen molar-refractivity contribution in [1.82, 2.24) is 15.0 Å². The maximum atomic E-state index is 13.9. The predicted molar refractivity (Wildman–Crippen MR) is 366 cm³/mol. The average molecular weight is 1270 g/mol. The van der Waals surface area contributed by atoms with Gasteiger partial charge in [-0.15, -0.1) is 0 Å². The van der Waals surface area contributed by atoms with Crippen molar-refractivity contribution in [2.75, 3.05) is 58.6 Å². The monoisotopic (exact) mass is 1270 g/mol. The molecule has 0 aliphatic carbocycles. The van der Waals surface area contributed by atoms with Crippen molar-refractivity contribution in [2.24, 2.45) is 0 Å². The first-order valence-corrected chi connectivity index (χ1v) is 29.5. The fourth-order valence-corrected chi connectivity index (χ4v) is 9.00. The van der Waals surface area contributed by atoms with E-state index in [-0.39, 0.29) is 51.2 Å². The van der Waals surface area contributed by atoms with E-state index >= 15 is 0 Å². The lowest BCUT2D eigenvalue weighted by molar-refractivity contribution is 0.0727. The van der Waals surface area contributed by atoms with E-state index in [4.69, 9.17) is 42.6 Å². The van der Waals surface area contributed by atoms with Crippen LogP contribution >= 0.6 is 0 Å². The summed E-state index contributed by atoms with van der Waals surface area (Å²) in [4.78, 5) is 55.2. The van der Waals surface area contributed by atoms with Gasteiger partial charge < -0.3 is 58.6 Å². The van der Waals surface area contributed by atoms with Gasteiger partial charge in [-0.3, -0.25) is 0 Å². The third-order valence-electron chi connectivity index (χ3n) is 13.8. The third kappa shape index (κ3) is 18.4. The van der Waals surface area contributed by atoms with Gasteiger partial charge in [0, 0.05) is 68.6 Å². The van der Waals surface area contributed by atoms with E-state index < -0.39 is 17.9 Å². The van der Waals surface area contributed by atoms with Crippen molar-refractivity contribution in [1.29, 1.82) is 0 Å². The van der Waals surface area contributed by atoms with Crippen LogP contribution in [0.15, 0.2) is 237 Å². The van der Waals surface area contributed by atoms with Crippen molar-refractivity contribution in [2.45, 2.75) is 0 Å². The fourth-order valence-electron chi connectivity index (χ4n) is 9.00.